The number of nitrogens with one attached hydrogen (secondary N) is 3. The number of carbonyl (C=O) groups excluding carboxylic acids is 3. The zero-order valence-electron chi connectivity index (χ0n) is 16.3. The van der Waals surface area contributed by atoms with E-state index in [1.165, 1.54) is 12.1 Å². The Bertz CT molecular complexity index is 1070. The van der Waals surface area contributed by atoms with Crippen molar-refractivity contribution in [1.29, 1.82) is 0 Å². The van der Waals surface area contributed by atoms with Crippen molar-refractivity contribution in [3.05, 3.63) is 65.2 Å². The first-order chi connectivity index (χ1) is 14.3. The second-order valence-electron chi connectivity index (χ2n) is 6.64. The largest absolute Gasteiger partial charge is 0.338 e. The Balaban J connectivity index is 1.52. The summed E-state index contributed by atoms with van der Waals surface area (Å²) >= 11 is 0. The summed E-state index contributed by atoms with van der Waals surface area (Å²) in [7, 11) is -3.95. The Hall–Kier alpha value is -3.40. The number of nitrogens with zero attached hydrogens (tertiary/aromatic N) is 1. The summed E-state index contributed by atoms with van der Waals surface area (Å²) in [6.07, 6.45) is 0.449. The molecule has 0 bridgehead atoms. The highest BCUT2D eigenvalue weighted by Crippen LogP contribution is 2.22. The first-order valence-corrected chi connectivity index (χ1v) is 10.9. The van der Waals surface area contributed by atoms with E-state index < -0.39 is 22.1 Å². The van der Waals surface area contributed by atoms with E-state index in [4.69, 9.17) is 0 Å². The van der Waals surface area contributed by atoms with E-state index in [1.54, 1.807) is 31.2 Å². The molecule has 3 rings (SSSR count). The number of rotatable bonds is 6. The van der Waals surface area contributed by atoms with Crippen molar-refractivity contribution in [3.63, 3.8) is 0 Å². The van der Waals surface area contributed by atoms with Gasteiger partial charge in [0, 0.05) is 18.7 Å². The Kier molecular flexibility index (Phi) is 6.36. The molecule has 3 N–H and O–H groups in total. The normalized spacial score (nSPS) is 13.0. The van der Waals surface area contributed by atoms with Gasteiger partial charge >= 0.3 is 12.1 Å². The van der Waals surface area contributed by atoms with E-state index in [0.717, 1.165) is 16.0 Å². The van der Waals surface area contributed by atoms with Crippen LogP contribution in [-0.4, -0.2) is 44.4 Å². The Labute approximate surface area is 174 Å². The average molecular weight is 430 g/mol. The molecule has 0 radical (unpaired) electrons. The zero-order chi connectivity index (χ0) is 21.7. The summed E-state index contributed by atoms with van der Waals surface area (Å²) in [4.78, 5) is 37.2. The van der Waals surface area contributed by atoms with E-state index in [0.29, 0.717) is 18.5 Å². The molecule has 0 unspecified atom stereocenters. The number of fused-ring (bicyclic) bond motifs is 1. The predicted molar refractivity (Wildman–Crippen MR) is 109 cm³/mol. The summed E-state index contributed by atoms with van der Waals surface area (Å²) in [5.74, 6) is -0.322. The molecule has 2 aromatic rings. The van der Waals surface area contributed by atoms with Gasteiger partial charge in [-0.2, -0.15) is 0 Å². The van der Waals surface area contributed by atoms with Gasteiger partial charge in [-0.05, 0) is 42.7 Å². The molecular formula is C20H22N4O5S. The predicted octanol–water partition coefficient (Wildman–Crippen LogP) is 1.60. The van der Waals surface area contributed by atoms with Crippen molar-refractivity contribution in [3.8, 4) is 0 Å². The molecule has 0 fully saturated rings. The quantitative estimate of drug-likeness (QED) is 0.642. The summed E-state index contributed by atoms with van der Waals surface area (Å²) in [5, 5.41) is 5.06. The number of imide groups is 1. The molecule has 0 aliphatic carbocycles. The number of carbonyl (C=O) groups is 3. The standard InChI is InChI=1S/C20H22N4O5S/c1-2-21-19(26)23-30(28,29)16-9-7-14(8-10-16)11-12-22-20(27)24-13-15-5-3-4-6-17(15)18(24)25/h3-10H,2,11-13H2,1H3,(H,22,27)(H2,21,23,26). The van der Waals surface area contributed by atoms with Crippen LogP contribution in [0.2, 0.25) is 0 Å². The zero-order valence-corrected chi connectivity index (χ0v) is 17.2. The Morgan fingerprint density at radius 2 is 1.73 bits per heavy atom. The van der Waals surface area contributed by atoms with Crippen molar-refractivity contribution in [2.75, 3.05) is 13.1 Å². The van der Waals surface area contributed by atoms with Crippen molar-refractivity contribution < 1.29 is 22.8 Å². The van der Waals surface area contributed by atoms with Crippen LogP contribution in [0.15, 0.2) is 53.4 Å². The maximum Gasteiger partial charge on any atom is 0.328 e. The topological polar surface area (TPSA) is 125 Å². The SMILES string of the molecule is CCNC(=O)NS(=O)(=O)c1ccc(CCNC(=O)N2Cc3ccccc3C2=O)cc1. The van der Waals surface area contributed by atoms with Crippen LogP contribution in [0.4, 0.5) is 9.59 Å². The minimum absolute atomic E-state index is 0.0398. The molecular weight excluding hydrogens is 408 g/mol. The molecule has 0 aromatic heterocycles. The Morgan fingerprint density at radius 1 is 1.03 bits per heavy atom. The number of hydrogen-bond donors (Lipinski definition) is 3. The van der Waals surface area contributed by atoms with Gasteiger partial charge < -0.3 is 10.6 Å². The third-order valence-electron chi connectivity index (χ3n) is 4.55. The smallest absolute Gasteiger partial charge is 0.328 e. The molecule has 5 amide bonds. The van der Waals surface area contributed by atoms with Gasteiger partial charge in [-0.3, -0.25) is 9.69 Å². The second kappa shape index (κ2) is 8.95. The minimum Gasteiger partial charge on any atom is -0.338 e. The summed E-state index contributed by atoms with van der Waals surface area (Å²) in [6, 6.07) is 11.8. The van der Waals surface area contributed by atoms with E-state index in [-0.39, 0.29) is 23.9 Å². The second-order valence-corrected chi connectivity index (χ2v) is 8.32. The lowest BCUT2D eigenvalue weighted by atomic mass is 10.1. The number of sulfonamides is 1. The van der Waals surface area contributed by atoms with Crippen LogP contribution in [0.1, 0.15) is 28.4 Å². The fourth-order valence-corrected chi connectivity index (χ4v) is 3.97. The highest BCUT2D eigenvalue weighted by atomic mass is 32.2. The molecule has 0 spiro atoms. The monoisotopic (exact) mass is 430 g/mol. The maximum atomic E-state index is 12.3. The van der Waals surface area contributed by atoms with Gasteiger partial charge in [-0.15, -0.1) is 0 Å². The molecule has 0 saturated heterocycles. The number of amides is 5. The molecule has 9 nitrogen and oxygen atoms in total. The number of urea groups is 2. The molecule has 2 aromatic carbocycles. The van der Waals surface area contributed by atoms with Gasteiger partial charge in [-0.25, -0.2) is 22.7 Å². The van der Waals surface area contributed by atoms with Gasteiger partial charge in [0.25, 0.3) is 15.9 Å². The van der Waals surface area contributed by atoms with Crippen molar-refractivity contribution in [1.82, 2.24) is 20.3 Å². The van der Waals surface area contributed by atoms with E-state index in [9.17, 15) is 22.8 Å². The van der Waals surface area contributed by atoms with Gasteiger partial charge in [0.05, 0.1) is 11.4 Å². The molecule has 1 aliphatic heterocycles. The average Bonchev–Trinajstić information content (AvgIpc) is 3.05. The van der Waals surface area contributed by atoms with Crippen LogP contribution in [-0.2, 0) is 23.0 Å². The van der Waals surface area contributed by atoms with Gasteiger partial charge in [0.15, 0.2) is 0 Å². The van der Waals surface area contributed by atoms with Gasteiger partial charge in [0.1, 0.15) is 0 Å². The van der Waals surface area contributed by atoms with Crippen LogP contribution < -0.4 is 15.4 Å². The Morgan fingerprint density at radius 3 is 2.40 bits per heavy atom. The van der Waals surface area contributed by atoms with E-state index in [2.05, 4.69) is 10.6 Å². The lowest BCUT2D eigenvalue weighted by Gasteiger charge is -2.15. The maximum absolute atomic E-state index is 12.3. The molecule has 158 valence electrons. The first-order valence-electron chi connectivity index (χ1n) is 9.39. The fourth-order valence-electron chi connectivity index (χ4n) is 3.04. The molecule has 0 saturated carbocycles. The molecule has 1 aliphatic rings. The molecule has 1 heterocycles. The summed E-state index contributed by atoms with van der Waals surface area (Å²) < 4.78 is 26.2. The highest BCUT2D eigenvalue weighted by Gasteiger charge is 2.31. The lowest BCUT2D eigenvalue weighted by molar-refractivity contribution is 0.0821. The van der Waals surface area contributed by atoms with Crippen LogP contribution in [0, 0.1) is 0 Å². The lowest BCUT2D eigenvalue weighted by Crippen LogP contribution is -2.40. The fraction of sp³-hybridized carbons (Fsp3) is 0.250. The third-order valence-corrected chi connectivity index (χ3v) is 5.90. The van der Waals surface area contributed by atoms with Crippen LogP contribution in [0.5, 0.6) is 0 Å². The van der Waals surface area contributed by atoms with Crippen LogP contribution >= 0.6 is 0 Å². The van der Waals surface area contributed by atoms with Crippen LogP contribution in [0.25, 0.3) is 0 Å². The summed E-state index contributed by atoms with van der Waals surface area (Å²) in [6.45, 7) is 2.51. The van der Waals surface area contributed by atoms with Crippen molar-refractivity contribution in [2.24, 2.45) is 0 Å². The van der Waals surface area contributed by atoms with Crippen molar-refractivity contribution in [2.45, 2.75) is 24.8 Å². The number of benzene rings is 2. The highest BCUT2D eigenvalue weighted by molar-refractivity contribution is 7.90. The van der Waals surface area contributed by atoms with E-state index >= 15 is 0 Å². The molecule has 10 heteroatoms. The van der Waals surface area contributed by atoms with Crippen LogP contribution in [0.3, 0.4) is 0 Å². The minimum atomic E-state index is -3.95. The third kappa shape index (κ3) is 4.77. The molecule has 0 atom stereocenters. The van der Waals surface area contributed by atoms with E-state index in [1.807, 2.05) is 16.9 Å². The van der Waals surface area contributed by atoms with Gasteiger partial charge in [-0.1, -0.05) is 30.3 Å². The summed E-state index contributed by atoms with van der Waals surface area (Å²) in [5.41, 5.74) is 2.14. The van der Waals surface area contributed by atoms with Gasteiger partial charge in [0.2, 0.25) is 0 Å². The number of hydrogen-bond acceptors (Lipinski definition) is 5. The first kappa shape index (κ1) is 21.3. The van der Waals surface area contributed by atoms with Crippen molar-refractivity contribution >= 4 is 28.0 Å². The molecule has 30 heavy (non-hydrogen) atoms.